The fraction of sp³-hybridized carbons (Fsp3) is 0.250. The average Bonchev–Trinajstić information content (AvgIpc) is 2.52. The molecule has 20 heavy (non-hydrogen) atoms. The Hall–Kier alpha value is -2.54. The molecule has 4 nitrogen and oxygen atoms in total. The van der Waals surface area contributed by atoms with E-state index < -0.39 is 6.10 Å². The number of nitrogens with zero attached hydrogens (tertiary/aromatic N) is 2. The van der Waals surface area contributed by atoms with E-state index in [-0.39, 0.29) is 0 Å². The van der Waals surface area contributed by atoms with Crippen molar-refractivity contribution in [2.24, 2.45) is 0 Å². The maximum Gasteiger partial charge on any atom is 0.184 e. The third kappa shape index (κ3) is 3.99. The van der Waals surface area contributed by atoms with Gasteiger partial charge in [0.2, 0.25) is 0 Å². The Morgan fingerprint density at radius 2 is 2.20 bits per heavy atom. The molecule has 0 fully saturated rings. The summed E-state index contributed by atoms with van der Waals surface area (Å²) in [5.41, 5.74) is 1.08. The van der Waals surface area contributed by atoms with Gasteiger partial charge in [0.15, 0.2) is 6.10 Å². The Kier molecular flexibility index (Phi) is 4.96. The van der Waals surface area contributed by atoms with Crippen LogP contribution in [0, 0.1) is 11.3 Å². The van der Waals surface area contributed by atoms with Crippen molar-refractivity contribution in [2.45, 2.75) is 26.0 Å². The van der Waals surface area contributed by atoms with Gasteiger partial charge in [-0.3, -0.25) is 0 Å². The zero-order chi connectivity index (χ0) is 14.2. The van der Waals surface area contributed by atoms with Gasteiger partial charge in [0, 0.05) is 12.7 Å². The Balaban J connectivity index is 1.98. The van der Waals surface area contributed by atoms with Gasteiger partial charge in [-0.25, -0.2) is 4.98 Å². The molecule has 0 aliphatic carbocycles. The van der Waals surface area contributed by atoms with Crippen molar-refractivity contribution in [1.82, 2.24) is 4.98 Å². The molecule has 0 radical (unpaired) electrons. The maximum absolute atomic E-state index is 8.91. The number of benzene rings is 1. The Morgan fingerprint density at radius 1 is 1.30 bits per heavy atom. The van der Waals surface area contributed by atoms with E-state index >= 15 is 0 Å². The lowest BCUT2D eigenvalue weighted by atomic mass is 10.2. The first-order valence-electron chi connectivity index (χ1n) is 6.62. The molecule has 1 heterocycles. The van der Waals surface area contributed by atoms with E-state index in [0.717, 1.165) is 17.1 Å². The maximum atomic E-state index is 8.91. The molecule has 1 aromatic heterocycles. The SMILES string of the molecule is CCC(C#N)Oc1cccc(CNc2ccccn2)c1. The Bertz CT molecular complexity index is 578. The highest BCUT2D eigenvalue weighted by Gasteiger charge is 2.06. The molecule has 2 aromatic rings. The molecule has 0 bridgehead atoms. The smallest absolute Gasteiger partial charge is 0.184 e. The molecule has 0 amide bonds. The molecule has 1 aromatic carbocycles. The highest BCUT2D eigenvalue weighted by molar-refractivity contribution is 5.36. The number of hydrogen-bond acceptors (Lipinski definition) is 4. The second-order valence-corrected chi connectivity index (χ2v) is 4.36. The molecule has 0 saturated carbocycles. The van der Waals surface area contributed by atoms with Crippen molar-refractivity contribution in [3.05, 3.63) is 54.2 Å². The van der Waals surface area contributed by atoms with Gasteiger partial charge in [0.25, 0.3) is 0 Å². The van der Waals surface area contributed by atoms with Crippen LogP contribution >= 0.6 is 0 Å². The molecule has 0 aliphatic heterocycles. The highest BCUT2D eigenvalue weighted by Crippen LogP contribution is 2.16. The lowest BCUT2D eigenvalue weighted by molar-refractivity contribution is 0.251. The van der Waals surface area contributed by atoms with Crippen molar-refractivity contribution in [2.75, 3.05) is 5.32 Å². The first-order chi connectivity index (χ1) is 9.81. The molecule has 102 valence electrons. The standard InChI is InChI=1S/C16H17N3O/c1-2-14(11-17)20-15-7-5-6-13(10-15)12-19-16-8-3-4-9-18-16/h3-10,14H,2,12H2,1H3,(H,18,19). The molecule has 1 unspecified atom stereocenters. The number of rotatable bonds is 6. The van der Waals surface area contributed by atoms with Gasteiger partial charge >= 0.3 is 0 Å². The molecule has 0 spiro atoms. The topological polar surface area (TPSA) is 57.9 Å². The second kappa shape index (κ2) is 7.15. The lowest BCUT2D eigenvalue weighted by Gasteiger charge is -2.12. The van der Waals surface area contributed by atoms with Gasteiger partial charge in [-0.2, -0.15) is 5.26 Å². The minimum atomic E-state index is -0.394. The fourth-order valence-electron chi connectivity index (χ4n) is 1.75. The summed E-state index contributed by atoms with van der Waals surface area (Å²) in [5, 5.41) is 12.2. The summed E-state index contributed by atoms with van der Waals surface area (Å²) in [6, 6.07) is 15.6. The van der Waals surface area contributed by atoms with Crippen molar-refractivity contribution in [3.63, 3.8) is 0 Å². The molecule has 1 atom stereocenters. The van der Waals surface area contributed by atoms with Crippen LogP contribution in [0.1, 0.15) is 18.9 Å². The van der Waals surface area contributed by atoms with Crippen molar-refractivity contribution in [1.29, 1.82) is 5.26 Å². The zero-order valence-electron chi connectivity index (χ0n) is 11.4. The third-order valence-corrected chi connectivity index (χ3v) is 2.83. The molecule has 0 saturated heterocycles. The summed E-state index contributed by atoms with van der Waals surface area (Å²) in [6.07, 6.45) is 2.03. The van der Waals surface area contributed by atoms with E-state index in [4.69, 9.17) is 10.00 Å². The van der Waals surface area contributed by atoms with Gasteiger partial charge in [0.1, 0.15) is 17.6 Å². The molecule has 0 aliphatic rings. The summed E-state index contributed by atoms with van der Waals surface area (Å²) in [5.74, 6) is 1.56. The van der Waals surface area contributed by atoms with Gasteiger partial charge in [-0.05, 0) is 36.2 Å². The quantitative estimate of drug-likeness (QED) is 0.871. The highest BCUT2D eigenvalue weighted by atomic mass is 16.5. The minimum Gasteiger partial charge on any atom is -0.476 e. The van der Waals surface area contributed by atoms with Crippen LogP contribution in [0.25, 0.3) is 0 Å². The predicted octanol–water partition coefficient (Wildman–Crippen LogP) is 3.37. The zero-order valence-corrected chi connectivity index (χ0v) is 11.4. The van der Waals surface area contributed by atoms with E-state index in [1.165, 1.54) is 0 Å². The van der Waals surface area contributed by atoms with Gasteiger partial charge < -0.3 is 10.1 Å². The summed E-state index contributed by atoms with van der Waals surface area (Å²) in [7, 11) is 0. The second-order valence-electron chi connectivity index (χ2n) is 4.36. The number of aromatic nitrogens is 1. The normalized spacial score (nSPS) is 11.4. The molecule has 4 heteroatoms. The van der Waals surface area contributed by atoms with Gasteiger partial charge in [-0.15, -0.1) is 0 Å². The lowest BCUT2D eigenvalue weighted by Crippen LogP contribution is -2.12. The molecular formula is C16H17N3O. The van der Waals surface area contributed by atoms with Crippen LogP contribution in [0.4, 0.5) is 5.82 Å². The number of nitrogens with one attached hydrogen (secondary N) is 1. The van der Waals surface area contributed by atoms with Crippen LogP contribution in [-0.2, 0) is 6.54 Å². The number of hydrogen-bond donors (Lipinski definition) is 1. The van der Waals surface area contributed by atoms with Crippen molar-refractivity contribution >= 4 is 5.82 Å². The number of anilines is 1. The molecular weight excluding hydrogens is 250 g/mol. The van der Waals surface area contributed by atoms with Gasteiger partial charge in [-0.1, -0.05) is 25.1 Å². The minimum absolute atomic E-state index is 0.394. The van der Waals surface area contributed by atoms with E-state index in [1.54, 1.807) is 6.20 Å². The van der Waals surface area contributed by atoms with E-state index in [1.807, 2.05) is 49.4 Å². The Morgan fingerprint density at radius 3 is 2.90 bits per heavy atom. The first-order valence-corrected chi connectivity index (χ1v) is 6.62. The van der Waals surface area contributed by atoms with Crippen molar-refractivity contribution < 1.29 is 4.74 Å². The molecule has 1 N–H and O–H groups in total. The largest absolute Gasteiger partial charge is 0.476 e. The summed E-state index contributed by atoms with van der Waals surface area (Å²) in [6.45, 7) is 2.60. The number of ether oxygens (including phenoxy) is 1. The fourth-order valence-corrected chi connectivity index (χ4v) is 1.75. The number of nitriles is 1. The molecule has 2 rings (SSSR count). The first kappa shape index (κ1) is 13.9. The van der Waals surface area contributed by atoms with Crippen molar-refractivity contribution in [3.8, 4) is 11.8 Å². The van der Waals surface area contributed by atoms with Gasteiger partial charge in [0.05, 0.1) is 0 Å². The third-order valence-electron chi connectivity index (χ3n) is 2.83. The predicted molar refractivity (Wildman–Crippen MR) is 78.3 cm³/mol. The van der Waals surface area contributed by atoms with E-state index in [2.05, 4.69) is 16.4 Å². The van der Waals surface area contributed by atoms with E-state index in [9.17, 15) is 0 Å². The van der Waals surface area contributed by atoms with Crippen LogP contribution in [0.15, 0.2) is 48.7 Å². The van der Waals surface area contributed by atoms with Crippen LogP contribution in [-0.4, -0.2) is 11.1 Å². The van der Waals surface area contributed by atoms with Crippen LogP contribution in [0.2, 0.25) is 0 Å². The monoisotopic (exact) mass is 267 g/mol. The van der Waals surface area contributed by atoms with Crippen LogP contribution in [0.5, 0.6) is 5.75 Å². The average molecular weight is 267 g/mol. The van der Waals surface area contributed by atoms with Crippen LogP contribution < -0.4 is 10.1 Å². The van der Waals surface area contributed by atoms with E-state index in [0.29, 0.717) is 13.0 Å². The summed E-state index contributed by atoms with van der Waals surface area (Å²) < 4.78 is 5.60. The summed E-state index contributed by atoms with van der Waals surface area (Å²) >= 11 is 0. The Labute approximate surface area is 119 Å². The van der Waals surface area contributed by atoms with Crippen LogP contribution in [0.3, 0.4) is 0 Å². The summed E-state index contributed by atoms with van der Waals surface area (Å²) in [4.78, 5) is 4.21. The number of pyridine rings is 1.